The average Bonchev–Trinajstić information content (AvgIpc) is 2.68. The summed E-state index contributed by atoms with van der Waals surface area (Å²) in [6, 6.07) is 8.51. The fourth-order valence-electron chi connectivity index (χ4n) is 4.40. The molecule has 10 heteroatoms. The standard InChI is InChI=1S/C23H26ClF2N5O2/c1-13-7-8-14(12-28-13)29-17-6-4-5-16(19(17)24)21(2)11-18(32)31(20(27)30-21)15-9-23(33,10-15)22(3,25)26/h4-8,12,15,29,33H,9-11H2,1-3H3,(H2,27,30)/t15?,21-,23?/m0/s1. The highest BCUT2D eigenvalue weighted by Gasteiger charge is 2.60. The Kier molecular flexibility index (Phi) is 5.61. The SMILES string of the molecule is Cc1ccc(Nc2cccc([C@]3(C)CC(=O)N(C4CC(O)(C(C)(F)F)C4)C(N)=N3)c2Cl)cn1. The molecule has 0 bridgehead atoms. The van der Waals surface area contributed by atoms with Gasteiger partial charge in [0.25, 0.3) is 5.92 Å². The molecule has 1 aromatic heterocycles. The number of aromatic nitrogens is 1. The minimum atomic E-state index is -3.27. The molecule has 1 aliphatic heterocycles. The summed E-state index contributed by atoms with van der Waals surface area (Å²) >= 11 is 6.70. The number of rotatable bonds is 5. The molecule has 1 atom stereocenters. The predicted octanol–water partition coefficient (Wildman–Crippen LogP) is 4.10. The first kappa shape index (κ1) is 23.4. The van der Waals surface area contributed by atoms with Gasteiger partial charge in [-0.15, -0.1) is 0 Å². The molecule has 1 amide bonds. The zero-order chi connectivity index (χ0) is 24.2. The molecule has 176 valence electrons. The van der Waals surface area contributed by atoms with Crippen LogP contribution in [0.15, 0.2) is 41.5 Å². The van der Waals surface area contributed by atoms with Gasteiger partial charge in [0.15, 0.2) is 5.96 Å². The number of nitrogens with zero attached hydrogens (tertiary/aromatic N) is 3. The summed E-state index contributed by atoms with van der Waals surface area (Å²) in [5.74, 6) is -3.69. The van der Waals surface area contributed by atoms with Crippen molar-refractivity contribution in [3.8, 4) is 0 Å². The first-order valence-corrected chi connectivity index (χ1v) is 11.0. The van der Waals surface area contributed by atoms with Crippen LogP contribution in [0.5, 0.6) is 0 Å². The van der Waals surface area contributed by atoms with Gasteiger partial charge < -0.3 is 16.2 Å². The molecule has 1 aliphatic carbocycles. The number of benzene rings is 1. The van der Waals surface area contributed by atoms with Crippen molar-refractivity contribution >= 4 is 34.8 Å². The minimum absolute atomic E-state index is 0.0413. The molecule has 2 heterocycles. The lowest BCUT2D eigenvalue weighted by Crippen LogP contribution is -2.66. The Morgan fingerprint density at radius 3 is 2.58 bits per heavy atom. The van der Waals surface area contributed by atoms with Crippen LogP contribution >= 0.6 is 11.6 Å². The lowest BCUT2D eigenvalue weighted by Gasteiger charge is -2.51. The molecule has 0 spiro atoms. The van der Waals surface area contributed by atoms with E-state index in [9.17, 15) is 18.7 Å². The number of anilines is 2. The highest BCUT2D eigenvalue weighted by atomic mass is 35.5. The highest BCUT2D eigenvalue weighted by Crippen LogP contribution is 2.48. The molecule has 0 saturated heterocycles. The van der Waals surface area contributed by atoms with Gasteiger partial charge in [-0.2, -0.15) is 0 Å². The number of amides is 1. The van der Waals surface area contributed by atoms with Gasteiger partial charge in [0.1, 0.15) is 5.60 Å². The molecular weight excluding hydrogens is 452 g/mol. The molecule has 1 fully saturated rings. The largest absolute Gasteiger partial charge is 0.383 e. The van der Waals surface area contributed by atoms with Gasteiger partial charge in [-0.05, 0) is 32.0 Å². The summed E-state index contributed by atoms with van der Waals surface area (Å²) in [5, 5.41) is 13.7. The first-order valence-electron chi connectivity index (χ1n) is 10.6. The molecule has 0 radical (unpaired) electrons. The second-order valence-corrected chi connectivity index (χ2v) is 9.52. The van der Waals surface area contributed by atoms with E-state index in [4.69, 9.17) is 17.3 Å². The molecule has 4 rings (SSSR count). The summed E-state index contributed by atoms with van der Waals surface area (Å²) in [6.07, 6.45) is 1.12. The van der Waals surface area contributed by atoms with Gasteiger partial charge in [0.05, 0.1) is 34.6 Å². The van der Waals surface area contributed by atoms with Gasteiger partial charge in [0.2, 0.25) is 5.91 Å². The molecule has 4 N–H and O–H groups in total. The summed E-state index contributed by atoms with van der Waals surface area (Å²) < 4.78 is 27.3. The number of guanidine groups is 1. The lowest BCUT2D eigenvalue weighted by molar-refractivity contribution is -0.224. The van der Waals surface area contributed by atoms with Gasteiger partial charge in [-0.3, -0.25) is 14.7 Å². The van der Waals surface area contributed by atoms with Crippen LogP contribution in [0.1, 0.15) is 44.4 Å². The van der Waals surface area contributed by atoms with Crippen molar-refractivity contribution in [1.29, 1.82) is 0 Å². The second-order valence-electron chi connectivity index (χ2n) is 9.15. The monoisotopic (exact) mass is 477 g/mol. The minimum Gasteiger partial charge on any atom is -0.383 e. The van der Waals surface area contributed by atoms with Gasteiger partial charge >= 0.3 is 0 Å². The molecule has 2 aromatic rings. The van der Waals surface area contributed by atoms with E-state index >= 15 is 0 Å². The Hall–Kier alpha value is -2.78. The highest BCUT2D eigenvalue weighted by molar-refractivity contribution is 6.34. The number of carbonyl (C=O) groups is 1. The molecular formula is C23H26ClF2N5O2. The number of nitrogens with one attached hydrogen (secondary N) is 1. The van der Waals surface area contributed by atoms with Crippen LogP contribution in [-0.4, -0.2) is 44.4 Å². The van der Waals surface area contributed by atoms with Crippen molar-refractivity contribution in [3.05, 3.63) is 52.8 Å². The maximum Gasteiger partial charge on any atom is 0.273 e. The van der Waals surface area contributed by atoms with Crippen molar-refractivity contribution in [2.45, 2.75) is 63.1 Å². The zero-order valence-corrected chi connectivity index (χ0v) is 19.3. The Bertz CT molecular complexity index is 1110. The molecule has 0 unspecified atom stereocenters. The summed E-state index contributed by atoms with van der Waals surface area (Å²) in [7, 11) is 0. The van der Waals surface area contributed by atoms with Crippen LogP contribution in [0, 0.1) is 6.92 Å². The van der Waals surface area contributed by atoms with E-state index in [1.807, 2.05) is 19.1 Å². The van der Waals surface area contributed by atoms with E-state index < -0.39 is 23.1 Å². The number of hydrogen-bond donors (Lipinski definition) is 3. The normalized spacial score (nSPS) is 27.7. The topological polar surface area (TPSA) is 104 Å². The van der Waals surface area contributed by atoms with Crippen LogP contribution in [0.25, 0.3) is 0 Å². The van der Waals surface area contributed by atoms with Crippen molar-refractivity contribution in [3.63, 3.8) is 0 Å². The third-order valence-corrected chi connectivity index (χ3v) is 6.88. The molecule has 33 heavy (non-hydrogen) atoms. The maximum absolute atomic E-state index is 13.6. The quantitative estimate of drug-likeness (QED) is 0.601. The lowest BCUT2D eigenvalue weighted by atomic mass is 9.71. The molecule has 2 aliphatic rings. The Balaban J connectivity index is 1.59. The van der Waals surface area contributed by atoms with Crippen molar-refractivity contribution in [1.82, 2.24) is 9.88 Å². The van der Waals surface area contributed by atoms with E-state index in [0.29, 0.717) is 23.2 Å². The van der Waals surface area contributed by atoms with E-state index in [0.717, 1.165) is 11.4 Å². The van der Waals surface area contributed by atoms with Crippen LogP contribution in [0.2, 0.25) is 5.02 Å². The van der Waals surface area contributed by atoms with Gasteiger partial charge in [0, 0.05) is 37.1 Å². The van der Waals surface area contributed by atoms with E-state index in [1.165, 1.54) is 4.90 Å². The smallest absolute Gasteiger partial charge is 0.273 e. The Morgan fingerprint density at radius 1 is 1.30 bits per heavy atom. The summed E-state index contributed by atoms with van der Waals surface area (Å²) in [6.45, 7) is 4.32. The van der Waals surface area contributed by atoms with E-state index in [-0.39, 0.29) is 31.1 Å². The number of aliphatic hydroxyl groups is 1. The van der Waals surface area contributed by atoms with E-state index in [1.54, 1.807) is 31.3 Å². The van der Waals surface area contributed by atoms with Crippen LogP contribution in [0.4, 0.5) is 20.2 Å². The number of aryl methyl sites for hydroxylation is 1. The van der Waals surface area contributed by atoms with E-state index in [2.05, 4.69) is 15.3 Å². The third kappa shape index (κ3) is 4.15. The van der Waals surface area contributed by atoms with Crippen molar-refractivity contribution in [2.75, 3.05) is 5.32 Å². The zero-order valence-electron chi connectivity index (χ0n) is 18.6. The molecule has 1 saturated carbocycles. The number of nitrogens with two attached hydrogens (primary N) is 1. The Labute approximate surface area is 195 Å². The van der Waals surface area contributed by atoms with Crippen LogP contribution in [0.3, 0.4) is 0 Å². The van der Waals surface area contributed by atoms with Gasteiger partial charge in [-0.25, -0.2) is 13.8 Å². The number of halogens is 3. The third-order valence-electron chi connectivity index (χ3n) is 6.47. The first-order chi connectivity index (χ1) is 15.3. The summed E-state index contributed by atoms with van der Waals surface area (Å²) in [5.41, 5.74) is 5.82. The van der Waals surface area contributed by atoms with Gasteiger partial charge in [-0.1, -0.05) is 23.7 Å². The second kappa shape index (κ2) is 7.92. The fraction of sp³-hybridized carbons (Fsp3) is 0.435. The van der Waals surface area contributed by atoms with Crippen molar-refractivity contribution in [2.24, 2.45) is 10.7 Å². The van der Waals surface area contributed by atoms with Crippen molar-refractivity contribution < 1.29 is 18.7 Å². The van der Waals surface area contributed by atoms with Crippen LogP contribution in [-0.2, 0) is 10.3 Å². The number of aliphatic imine (C=N–C) groups is 1. The molecule has 1 aromatic carbocycles. The Morgan fingerprint density at radius 2 is 2.00 bits per heavy atom. The number of alkyl halides is 2. The number of carbonyl (C=O) groups excluding carboxylic acids is 1. The fourth-order valence-corrected chi connectivity index (χ4v) is 4.78. The van der Waals surface area contributed by atoms with Crippen LogP contribution < -0.4 is 11.1 Å². The number of hydrogen-bond acceptors (Lipinski definition) is 6. The number of pyridine rings is 1. The summed E-state index contributed by atoms with van der Waals surface area (Å²) in [4.78, 5) is 23.1. The average molecular weight is 478 g/mol. The maximum atomic E-state index is 13.6. The predicted molar refractivity (Wildman–Crippen MR) is 123 cm³/mol. The molecule has 7 nitrogen and oxygen atoms in total.